The van der Waals surface area contributed by atoms with Crippen molar-refractivity contribution in [3.05, 3.63) is 0 Å². The maximum Gasteiger partial charge on any atom is 0.0729 e. The Bertz CT molecular complexity index is 212. The fourth-order valence-corrected chi connectivity index (χ4v) is 3.61. The molecule has 4 atom stereocenters. The fraction of sp³-hybridized carbons (Fsp3) is 1.00. The van der Waals surface area contributed by atoms with E-state index in [-0.39, 0.29) is 6.10 Å². The van der Waals surface area contributed by atoms with Crippen molar-refractivity contribution in [2.45, 2.75) is 52.3 Å². The molecule has 1 aliphatic carbocycles. The summed E-state index contributed by atoms with van der Waals surface area (Å²) in [5.74, 6) is 1.93. The number of fused-ring (bicyclic) bond motifs is 2. The zero-order chi connectivity index (χ0) is 10.5. The van der Waals surface area contributed by atoms with Crippen LogP contribution >= 0.6 is 0 Å². The van der Waals surface area contributed by atoms with Gasteiger partial charge in [0.15, 0.2) is 0 Å². The molecule has 1 aliphatic heterocycles. The quantitative estimate of drug-likeness (QED) is 0.729. The lowest BCUT2D eigenvalue weighted by molar-refractivity contribution is -0.0154. The Morgan fingerprint density at radius 3 is 2.29 bits per heavy atom. The first-order valence-corrected chi connectivity index (χ1v) is 5.96. The van der Waals surface area contributed by atoms with Crippen molar-refractivity contribution < 1.29 is 5.11 Å². The van der Waals surface area contributed by atoms with E-state index in [1.807, 2.05) is 0 Å². The molecule has 1 heterocycles. The van der Waals surface area contributed by atoms with Crippen LogP contribution in [0, 0.1) is 17.8 Å². The molecule has 2 nitrogen and oxygen atoms in total. The highest BCUT2D eigenvalue weighted by molar-refractivity contribution is 5.04. The minimum atomic E-state index is -0.0730. The van der Waals surface area contributed by atoms with E-state index < -0.39 is 0 Å². The van der Waals surface area contributed by atoms with Crippen LogP contribution in [0.25, 0.3) is 0 Å². The van der Waals surface area contributed by atoms with Gasteiger partial charge >= 0.3 is 0 Å². The van der Waals surface area contributed by atoms with Gasteiger partial charge in [0, 0.05) is 18.6 Å². The van der Waals surface area contributed by atoms with Crippen LogP contribution in [0.15, 0.2) is 0 Å². The highest BCUT2D eigenvalue weighted by atomic mass is 16.3. The Hall–Kier alpha value is -0.0800. The number of rotatable bonds is 2. The maximum atomic E-state index is 10.2. The van der Waals surface area contributed by atoms with Crippen molar-refractivity contribution in [3.63, 3.8) is 0 Å². The first-order chi connectivity index (χ1) is 6.52. The molecule has 1 saturated heterocycles. The molecule has 0 aromatic rings. The molecule has 2 unspecified atom stereocenters. The van der Waals surface area contributed by atoms with Gasteiger partial charge in [-0.15, -0.1) is 0 Å². The minimum absolute atomic E-state index is 0.0730. The van der Waals surface area contributed by atoms with Gasteiger partial charge in [-0.1, -0.05) is 13.8 Å². The molecule has 0 spiro atoms. The summed E-state index contributed by atoms with van der Waals surface area (Å²) in [6, 6.07) is 1.04. The van der Waals surface area contributed by atoms with Gasteiger partial charge in [-0.2, -0.15) is 0 Å². The van der Waals surface area contributed by atoms with Crippen molar-refractivity contribution in [2.24, 2.45) is 17.8 Å². The van der Waals surface area contributed by atoms with Crippen LogP contribution in [-0.4, -0.2) is 34.7 Å². The molecule has 0 aromatic heterocycles. The second-order valence-electron chi connectivity index (χ2n) is 5.67. The van der Waals surface area contributed by atoms with Gasteiger partial charge < -0.3 is 5.11 Å². The molecule has 0 aromatic carbocycles. The van der Waals surface area contributed by atoms with Crippen molar-refractivity contribution in [3.8, 4) is 0 Å². The fourth-order valence-electron chi connectivity index (χ4n) is 3.61. The molecule has 0 amide bonds. The van der Waals surface area contributed by atoms with Crippen LogP contribution in [0.2, 0.25) is 0 Å². The Labute approximate surface area is 87.3 Å². The van der Waals surface area contributed by atoms with E-state index in [0.717, 1.165) is 5.92 Å². The monoisotopic (exact) mass is 197 g/mol. The molecule has 2 heteroatoms. The van der Waals surface area contributed by atoms with Crippen LogP contribution in [0.1, 0.15) is 34.1 Å². The summed E-state index contributed by atoms with van der Waals surface area (Å²) >= 11 is 0. The second kappa shape index (κ2) is 3.49. The summed E-state index contributed by atoms with van der Waals surface area (Å²) in [7, 11) is 0. The normalized spacial score (nSPS) is 43.1. The van der Waals surface area contributed by atoms with Crippen molar-refractivity contribution in [1.29, 1.82) is 0 Å². The molecule has 82 valence electrons. The summed E-state index contributed by atoms with van der Waals surface area (Å²) < 4.78 is 0. The molecule has 2 fully saturated rings. The van der Waals surface area contributed by atoms with Crippen LogP contribution in [0.3, 0.4) is 0 Å². The molecule has 14 heavy (non-hydrogen) atoms. The third-order valence-electron chi connectivity index (χ3n) is 4.18. The second-order valence-corrected chi connectivity index (χ2v) is 5.67. The lowest BCUT2D eigenvalue weighted by atomic mass is 9.83. The topological polar surface area (TPSA) is 23.5 Å². The molecule has 1 N–H and O–H groups in total. The van der Waals surface area contributed by atoms with E-state index in [4.69, 9.17) is 0 Å². The number of hydrogen-bond acceptors (Lipinski definition) is 2. The summed E-state index contributed by atoms with van der Waals surface area (Å²) in [5, 5.41) is 10.2. The average molecular weight is 197 g/mol. The van der Waals surface area contributed by atoms with Gasteiger partial charge in [0.25, 0.3) is 0 Å². The number of hydrogen-bond donors (Lipinski definition) is 1. The molecular weight excluding hydrogens is 174 g/mol. The zero-order valence-corrected chi connectivity index (χ0v) is 9.77. The van der Waals surface area contributed by atoms with Crippen LogP contribution in [0.4, 0.5) is 0 Å². The summed E-state index contributed by atoms with van der Waals surface area (Å²) in [6.07, 6.45) is 1.15. The largest absolute Gasteiger partial charge is 0.391 e. The summed E-state index contributed by atoms with van der Waals surface area (Å²) in [4.78, 5) is 2.48. The first-order valence-electron chi connectivity index (χ1n) is 5.96. The third kappa shape index (κ3) is 1.40. The van der Waals surface area contributed by atoms with Gasteiger partial charge in [0.2, 0.25) is 0 Å². The van der Waals surface area contributed by atoms with Crippen LogP contribution in [0.5, 0.6) is 0 Å². The molecular formula is C12H23NO. The lowest BCUT2D eigenvalue weighted by Crippen LogP contribution is -2.49. The number of aliphatic hydroxyl groups excluding tert-OH is 1. The average Bonchev–Trinajstić information content (AvgIpc) is 2.59. The Kier molecular flexibility index (Phi) is 2.61. The highest BCUT2D eigenvalue weighted by Gasteiger charge is 2.52. The van der Waals surface area contributed by atoms with E-state index in [2.05, 4.69) is 32.6 Å². The maximum absolute atomic E-state index is 10.2. The van der Waals surface area contributed by atoms with Gasteiger partial charge in [-0.05, 0) is 38.0 Å². The Morgan fingerprint density at radius 2 is 1.86 bits per heavy atom. The van der Waals surface area contributed by atoms with Crippen molar-refractivity contribution >= 4 is 0 Å². The van der Waals surface area contributed by atoms with Crippen LogP contribution in [-0.2, 0) is 0 Å². The Morgan fingerprint density at radius 1 is 1.21 bits per heavy atom. The molecule has 2 rings (SSSR count). The number of likely N-dealkylation sites (tertiary alicyclic amines) is 1. The van der Waals surface area contributed by atoms with Crippen molar-refractivity contribution in [1.82, 2.24) is 4.90 Å². The van der Waals surface area contributed by atoms with Gasteiger partial charge in [0.05, 0.1) is 6.10 Å². The minimum Gasteiger partial charge on any atom is -0.391 e. The summed E-state index contributed by atoms with van der Waals surface area (Å²) in [6.45, 7) is 10.2. The van der Waals surface area contributed by atoms with Crippen LogP contribution < -0.4 is 0 Å². The first kappa shape index (κ1) is 10.4. The third-order valence-corrected chi connectivity index (χ3v) is 4.18. The molecule has 2 aliphatic rings. The SMILES string of the molecule is CC(C)C1C(O)[C@H]2C[C@@H]1CN2C(C)C. The number of nitrogens with zero attached hydrogens (tertiary/aromatic N) is 1. The van der Waals surface area contributed by atoms with E-state index in [1.165, 1.54) is 13.0 Å². The highest BCUT2D eigenvalue weighted by Crippen LogP contribution is 2.46. The molecule has 1 saturated carbocycles. The van der Waals surface area contributed by atoms with Gasteiger partial charge in [-0.25, -0.2) is 0 Å². The predicted octanol–water partition coefficient (Wildman–Crippen LogP) is 1.73. The lowest BCUT2D eigenvalue weighted by Gasteiger charge is -2.39. The van der Waals surface area contributed by atoms with E-state index in [1.54, 1.807) is 0 Å². The van der Waals surface area contributed by atoms with E-state index >= 15 is 0 Å². The van der Waals surface area contributed by atoms with Gasteiger partial charge in [0.1, 0.15) is 0 Å². The standard InChI is InChI=1S/C12H23NO/c1-7(2)11-9-5-10(12(11)14)13(6-9)8(3)4/h7-12,14H,5-6H2,1-4H3/t9-,10-,11?,12?/m1/s1. The number of piperidine rings is 1. The number of aliphatic hydroxyl groups is 1. The molecule has 0 radical (unpaired) electrons. The predicted molar refractivity (Wildman–Crippen MR) is 58.1 cm³/mol. The molecule has 2 bridgehead atoms. The smallest absolute Gasteiger partial charge is 0.0729 e. The van der Waals surface area contributed by atoms with E-state index in [9.17, 15) is 5.11 Å². The van der Waals surface area contributed by atoms with Gasteiger partial charge in [-0.3, -0.25) is 4.90 Å². The Balaban J connectivity index is 2.10. The van der Waals surface area contributed by atoms with E-state index in [0.29, 0.717) is 23.9 Å². The van der Waals surface area contributed by atoms with Crippen molar-refractivity contribution in [2.75, 3.05) is 6.54 Å². The summed E-state index contributed by atoms with van der Waals surface area (Å²) in [5.41, 5.74) is 0. The zero-order valence-electron chi connectivity index (χ0n) is 9.77.